The molecule has 0 saturated heterocycles. The Kier molecular flexibility index (Phi) is 2.13. The lowest BCUT2D eigenvalue weighted by atomic mass is 9.96. The first-order valence-corrected chi connectivity index (χ1v) is 2.25. The Morgan fingerprint density at radius 3 is 1.75 bits per heavy atom. The molecule has 0 aliphatic carbocycles. The third-order valence-electron chi connectivity index (χ3n) is 0.948. The molecule has 0 bridgehead atoms. The summed E-state index contributed by atoms with van der Waals surface area (Å²) in [4.78, 5) is 20.0. The Hall–Kier alpha value is -0.920. The van der Waals surface area contributed by atoms with Crippen LogP contribution in [0.4, 0.5) is 0 Å². The Bertz CT molecular complexity index is 93.9. The number of rotatable bonds is 3. The molecular formula is C6H8O2. The number of hydrogen-bond donors (Lipinski definition) is 0. The maximum Gasteiger partial charge on any atom is 0.136 e. The third kappa shape index (κ3) is 1.30. The smallest absolute Gasteiger partial charge is 0.136 e. The van der Waals surface area contributed by atoms with Crippen molar-refractivity contribution in [1.82, 2.24) is 0 Å². The molecule has 0 heterocycles. The Balaban J connectivity index is 4.18. The largest absolute Gasteiger partial charge is 0.302 e. The molecular weight excluding hydrogens is 104 g/mol. The zero-order valence-electron chi connectivity index (χ0n) is 4.76. The molecule has 0 rings (SSSR count). The average Bonchev–Trinajstić information content (AvgIpc) is 1.87. The highest BCUT2D eigenvalue weighted by Crippen LogP contribution is 2.07. The highest BCUT2D eigenvalue weighted by Gasteiger charge is 2.16. The van der Waals surface area contributed by atoms with Crippen molar-refractivity contribution in [3.05, 3.63) is 12.7 Å². The molecule has 0 radical (unpaired) electrons. The fourth-order valence-electron chi connectivity index (χ4n) is 0.124. The second-order valence-corrected chi connectivity index (χ2v) is 1.81. The van der Waals surface area contributed by atoms with E-state index in [0.29, 0.717) is 12.6 Å². The van der Waals surface area contributed by atoms with Gasteiger partial charge in [0.15, 0.2) is 0 Å². The van der Waals surface area contributed by atoms with E-state index in [1.165, 1.54) is 13.0 Å². The summed E-state index contributed by atoms with van der Waals surface area (Å²) >= 11 is 0. The van der Waals surface area contributed by atoms with E-state index in [4.69, 9.17) is 0 Å². The van der Waals surface area contributed by atoms with E-state index in [1.54, 1.807) is 0 Å². The van der Waals surface area contributed by atoms with E-state index >= 15 is 0 Å². The van der Waals surface area contributed by atoms with Crippen molar-refractivity contribution < 1.29 is 9.59 Å². The molecule has 0 atom stereocenters. The first-order valence-electron chi connectivity index (χ1n) is 2.25. The molecule has 44 valence electrons. The van der Waals surface area contributed by atoms with Gasteiger partial charge in [0.25, 0.3) is 0 Å². The summed E-state index contributed by atoms with van der Waals surface area (Å²) in [5.74, 6) is 0. The number of carbonyl (C=O) groups excluding carboxylic acids is 2. The monoisotopic (exact) mass is 112 g/mol. The van der Waals surface area contributed by atoms with Crippen LogP contribution in [0.1, 0.15) is 6.92 Å². The summed E-state index contributed by atoms with van der Waals surface area (Å²) in [7, 11) is 0. The molecule has 0 aliphatic rings. The van der Waals surface area contributed by atoms with Crippen LogP contribution in [-0.4, -0.2) is 12.6 Å². The van der Waals surface area contributed by atoms with Gasteiger partial charge in [-0.1, -0.05) is 6.08 Å². The maximum absolute atomic E-state index is 9.99. The number of aldehydes is 2. The number of allylic oxidation sites excluding steroid dienone is 1. The van der Waals surface area contributed by atoms with E-state index in [0.717, 1.165) is 0 Å². The Morgan fingerprint density at radius 1 is 1.38 bits per heavy atom. The summed E-state index contributed by atoms with van der Waals surface area (Å²) in [5.41, 5.74) is -0.972. The van der Waals surface area contributed by atoms with Gasteiger partial charge >= 0.3 is 0 Å². The van der Waals surface area contributed by atoms with Crippen molar-refractivity contribution in [2.24, 2.45) is 5.41 Å². The van der Waals surface area contributed by atoms with Gasteiger partial charge in [0.2, 0.25) is 0 Å². The zero-order valence-corrected chi connectivity index (χ0v) is 4.76. The quantitative estimate of drug-likeness (QED) is 0.304. The minimum atomic E-state index is -0.972. The predicted molar refractivity (Wildman–Crippen MR) is 30.4 cm³/mol. The topological polar surface area (TPSA) is 34.1 Å². The minimum absolute atomic E-state index is 0.562. The highest BCUT2D eigenvalue weighted by molar-refractivity contribution is 5.85. The molecule has 0 N–H and O–H groups in total. The SMILES string of the molecule is C=CC(C)(C=O)C=O. The average molecular weight is 112 g/mol. The van der Waals surface area contributed by atoms with E-state index in [1.807, 2.05) is 0 Å². The summed E-state index contributed by atoms with van der Waals surface area (Å²) in [5, 5.41) is 0. The summed E-state index contributed by atoms with van der Waals surface area (Å²) < 4.78 is 0. The first kappa shape index (κ1) is 7.08. The number of carbonyl (C=O) groups is 2. The molecule has 0 saturated carbocycles. The van der Waals surface area contributed by atoms with Crippen LogP contribution in [0.3, 0.4) is 0 Å². The van der Waals surface area contributed by atoms with Gasteiger partial charge in [0, 0.05) is 0 Å². The van der Waals surface area contributed by atoms with E-state index in [9.17, 15) is 9.59 Å². The van der Waals surface area contributed by atoms with Gasteiger partial charge in [-0.3, -0.25) is 0 Å². The summed E-state index contributed by atoms with van der Waals surface area (Å²) in [6, 6.07) is 0. The fraction of sp³-hybridized carbons (Fsp3) is 0.333. The molecule has 0 aromatic rings. The predicted octanol–water partition coefficient (Wildman–Crippen LogP) is 0.577. The van der Waals surface area contributed by atoms with Gasteiger partial charge in [0.1, 0.15) is 12.6 Å². The number of hydrogen-bond acceptors (Lipinski definition) is 2. The third-order valence-corrected chi connectivity index (χ3v) is 0.948. The normalized spacial score (nSPS) is 10.1. The van der Waals surface area contributed by atoms with Gasteiger partial charge in [-0.25, -0.2) is 0 Å². The van der Waals surface area contributed by atoms with E-state index in [-0.39, 0.29) is 0 Å². The lowest BCUT2D eigenvalue weighted by Gasteiger charge is -2.04. The van der Waals surface area contributed by atoms with Gasteiger partial charge in [-0.15, -0.1) is 6.58 Å². The van der Waals surface area contributed by atoms with Gasteiger partial charge in [0.05, 0.1) is 5.41 Å². The molecule has 0 aromatic carbocycles. The summed E-state index contributed by atoms with van der Waals surface area (Å²) in [6.45, 7) is 4.81. The second-order valence-electron chi connectivity index (χ2n) is 1.81. The van der Waals surface area contributed by atoms with E-state index in [2.05, 4.69) is 6.58 Å². The van der Waals surface area contributed by atoms with Crippen molar-refractivity contribution in [2.45, 2.75) is 6.92 Å². The highest BCUT2D eigenvalue weighted by atomic mass is 16.1. The molecule has 0 unspecified atom stereocenters. The van der Waals surface area contributed by atoms with Crippen LogP contribution in [0.25, 0.3) is 0 Å². The molecule has 0 fully saturated rings. The zero-order chi connectivity index (χ0) is 6.62. The lowest BCUT2D eigenvalue weighted by Crippen LogP contribution is -2.15. The van der Waals surface area contributed by atoms with Crippen LogP contribution < -0.4 is 0 Å². The standard InChI is InChI=1S/C6H8O2/c1-3-6(2,4-7)5-8/h3-5H,1H2,2H3. The van der Waals surface area contributed by atoms with Crippen LogP contribution in [0, 0.1) is 5.41 Å². The molecule has 0 aromatic heterocycles. The molecule has 0 aliphatic heterocycles. The van der Waals surface area contributed by atoms with Crippen LogP contribution in [0.5, 0.6) is 0 Å². The van der Waals surface area contributed by atoms with Gasteiger partial charge < -0.3 is 9.59 Å². The minimum Gasteiger partial charge on any atom is -0.302 e. The molecule has 0 amide bonds. The summed E-state index contributed by atoms with van der Waals surface area (Å²) in [6.07, 6.45) is 2.44. The molecule has 2 heteroatoms. The van der Waals surface area contributed by atoms with Crippen LogP contribution in [-0.2, 0) is 9.59 Å². The van der Waals surface area contributed by atoms with Crippen molar-refractivity contribution >= 4 is 12.6 Å². The molecule has 0 spiro atoms. The second kappa shape index (κ2) is 2.40. The van der Waals surface area contributed by atoms with Crippen LogP contribution >= 0.6 is 0 Å². The van der Waals surface area contributed by atoms with E-state index < -0.39 is 5.41 Å². The Labute approximate surface area is 48.2 Å². The van der Waals surface area contributed by atoms with Gasteiger partial charge in [-0.05, 0) is 6.92 Å². The molecule has 2 nitrogen and oxygen atoms in total. The van der Waals surface area contributed by atoms with Crippen molar-refractivity contribution in [1.29, 1.82) is 0 Å². The maximum atomic E-state index is 9.99. The van der Waals surface area contributed by atoms with Crippen molar-refractivity contribution in [2.75, 3.05) is 0 Å². The molecule has 8 heavy (non-hydrogen) atoms. The van der Waals surface area contributed by atoms with Crippen LogP contribution in [0.15, 0.2) is 12.7 Å². The van der Waals surface area contributed by atoms with Gasteiger partial charge in [-0.2, -0.15) is 0 Å². The lowest BCUT2D eigenvalue weighted by molar-refractivity contribution is -0.122. The van der Waals surface area contributed by atoms with Crippen molar-refractivity contribution in [3.63, 3.8) is 0 Å². The first-order chi connectivity index (χ1) is 3.68. The Morgan fingerprint density at radius 2 is 1.75 bits per heavy atom. The van der Waals surface area contributed by atoms with Crippen molar-refractivity contribution in [3.8, 4) is 0 Å². The van der Waals surface area contributed by atoms with Crippen LogP contribution in [0.2, 0.25) is 0 Å². The fourth-order valence-corrected chi connectivity index (χ4v) is 0.124.